The van der Waals surface area contributed by atoms with Gasteiger partial charge in [0.05, 0.1) is 11.9 Å². The van der Waals surface area contributed by atoms with Crippen molar-refractivity contribution in [3.63, 3.8) is 0 Å². The van der Waals surface area contributed by atoms with Gasteiger partial charge in [-0.05, 0) is 25.3 Å². The highest BCUT2D eigenvalue weighted by molar-refractivity contribution is 7.89. The first kappa shape index (κ1) is 12.5. The quantitative estimate of drug-likeness (QED) is 0.803. The number of H-pyrrole nitrogens is 1. The van der Waals surface area contributed by atoms with E-state index in [1.165, 1.54) is 10.5 Å². The van der Waals surface area contributed by atoms with Gasteiger partial charge in [-0.3, -0.25) is 5.10 Å². The van der Waals surface area contributed by atoms with E-state index in [0.717, 1.165) is 6.42 Å². The number of nitrogens with zero attached hydrogens (tertiary/aromatic N) is 2. The average Bonchev–Trinajstić information content (AvgIpc) is 2.86. The largest absolute Gasteiger partial charge is 0.330 e. The van der Waals surface area contributed by atoms with E-state index in [0.29, 0.717) is 25.3 Å². The summed E-state index contributed by atoms with van der Waals surface area (Å²) in [6.07, 6.45) is 2.17. The molecule has 0 radical (unpaired) electrons. The summed E-state index contributed by atoms with van der Waals surface area (Å²) in [5, 5.41) is 6.41. The summed E-state index contributed by atoms with van der Waals surface area (Å²) >= 11 is 0. The van der Waals surface area contributed by atoms with Gasteiger partial charge >= 0.3 is 0 Å². The number of rotatable bonds is 3. The Morgan fingerprint density at radius 1 is 1.65 bits per heavy atom. The first-order valence-corrected chi connectivity index (χ1v) is 7.03. The van der Waals surface area contributed by atoms with Crippen molar-refractivity contribution in [3.05, 3.63) is 11.9 Å². The van der Waals surface area contributed by atoms with Crippen LogP contribution in [0, 0.1) is 12.3 Å². The van der Waals surface area contributed by atoms with E-state index in [1.54, 1.807) is 6.92 Å². The molecule has 96 valence electrons. The number of aromatic amines is 1. The number of hydrogen-bond acceptors (Lipinski definition) is 4. The molecule has 6 nitrogen and oxygen atoms in total. The number of sulfonamides is 1. The molecule has 1 fully saturated rings. The normalized spacial score (nSPS) is 26.5. The first-order valence-electron chi connectivity index (χ1n) is 5.59. The second-order valence-corrected chi connectivity index (χ2v) is 6.87. The summed E-state index contributed by atoms with van der Waals surface area (Å²) < 4.78 is 26.2. The lowest BCUT2D eigenvalue weighted by atomic mass is 9.90. The lowest BCUT2D eigenvalue weighted by Gasteiger charge is -2.22. The van der Waals surface area contributed by atoms with Gasteiger partial charge in [-0.1, -0.05) is 6.92 Å². The fourth-order valence-electron chi connectivity index (χ4n) is 2.09. The molecule has 1 aromatic rings. The Morgan fingerprint density at radius 2 is 2.35 bits per heavy atom. The van der Waals surface area contributed by atoms with E-state index in [9.17, 15) is 8.42 Å². The van der Waals surface area contributed by atoms with Crippen molar-refractivity contribution >= 4 is 10.0 Å². The summed E-state index contributed by atoms with van der Waals surface area (Å²) in [5.74, 6) is 0. The van der Waals surface area contributed by atoms with Gasteiger partial charge in [0.15, 0.2) is 0 Å². The van der Waals surface area contributed by atoms with E-state index in [-0.39, 0.29) is 10.3 Å². The number of nitrogens with two attached hydrogens (primary N) is 1. The molecule has 3 N–H and O–H groups in total. The van der Waals surface area contributed by atoms with Crippen LogP contribution in [0.2, 0.25) is 0 Å². The monoisotopic (exact) mass is 258 g/mol. The van der Waals surface area contributed by atoms with Crippen LogP contribution < -0.4 is 5.73 Å². The molecule has 17 heavy (non-hydrogen) atoms. The highest BCUT2D eigenvalue weighted by atomic mass is 32.2. The van der Waals surface area contributed by atoms with Crippen molar-refractivity contribution in [2.45, 2.75) is 25.2 Å². The Balaban J connectivity index is 2.28. The zero-order chi connectivity index (χ0) is 12.7. The van der Waals surface area contributed by atoms with Crippen LogP contribution in [0.3, 0.4) is 0 Å². The van der Waals surface area contributed by atoms with Gasteiger partial charge in [0.1, 0.15) is 4.90 Å². The number of hydrogen-bond donors (Lipinski definition) is 2. The molecule has 1 atom stereocenters. The van der Waals surface area contributed by atoms with Gasteiger partial charge in [0.2, 0.25) is 10.0 Å². The van der Waals surface area contributed by atoms with Crippen molar-refractivity contribution in [1.29, 1.82) is 0 Å². The molecule has 0 aromatic carbocycles. The smallest absolute Gasteiger partial charge is 0.246 e. The van der Waals surface area contributed by atoms with E-state index in [2.05, 4.69) is 10.2 Å². The third kappa shape index (κ3) is 2.10. The summed E-state index contributed by atoms with van der Waals surface area (Å²) in [4.78, 5) is 0.263. The van der Waals surface area contributed by atoms with E-state index in [1.807, 2.05) is 6.92 Å². The fraction of sp³-hybridized carbons (Fsp3) is 0.700. The van der Waals surface area contributed by atoms with Crippen molar-refractivity contribution < 1.29 is 8.42 Å². The number of aromatic nitrogens is 2. The van der Waals surface area contributed by atoms with Crippen LogP contribution in [0.4, 0.5) is 0 Å². The molecule has 0 saturated carbocycles. The number of aryl methyl sites for hydroxylation is 1. The van der Waals surface area contributed by atoms with Crippen LogP contribution in [0.5, 0.6) is 0 Å². The van der Waals surface area contributed by atoms with Crippen molar-refractivity contribution in [1.82, 2.24) is 14.5 Å². The second kappa shape index (κ2) is 4.08. The molecule has 1 aliphatic heterocycles. The summed E-state index contributed by atoms with van der Waals surface area (Å²) in [5.41, 5.74) is 6.15. The molecule has 2 heterocycles. The first-order chi connectivity index (χ1) is 7.89. The SMILES string of the molecule is Cc1[nH]ncc1S(=O)(=O)N1CCC(C)(CN)C1. The van der Waals surface area contributed by atoms with Gasteiger partial charge in [-0.15, -0.1) is 0 Å². The van der Waals surface area contributed by atoms with Crippen LogP contribution in [0.1, 0.15) is 19.0 Å². The Bertz CT molecular complexity index is 510. The molecule has 1 aliphatic rings. The zero-order valence-electron chi connectivity index (χ0n) is 10.1. The molecular formula is C10H18N4O2S. The second-order valence-electron chi connectivity index (χ2n) is 4.96. The minimum Gasteiger partial charge on any atom is -0.330 e. The van der Waals surface area contributed by atoms with Crippen LogP contribution in [-0.4, -0.2) is 42.6 Å². The molecule has 0 amide bonds. The molecule has 0 aliphatic carbocycles. The maximum Gasteiger partial charge on any atom is 0.246 e. The standard InChI is InChI=1S/C10H18N4O2S/c1-8-9(5-12-13-8)17(15,16)14-4-3-10(2,6-11)7-14/h5H,3-4,6-7,11H2,1-2H3,(H,12,13). The highest BCUT2D eigenvalue weighted by Gasteiger charge is 2.39. The zero-order valence-corrected chi connectivity index (χ0v) is 10.9. The molecule has 1 saturated heterocycles. The molecule has 0 bridgehead atoms. The molecule has 1 unspecified atom stereocenters. The molecule has 2 rings (SSSR count). The fourth-order valence-corrected chi connectivity index (χ4v) is 3.80. The van der Waals surface area contributed by atoms with Gasteiger partial charge in [-0.25, -0.2) is 8.42 Å². The lowest BCUT2D eigenvalue weighted by Crippen LogP contribution is -2.34. The maximum absolute atomic E-state index is 12.3. The molecule has 7 heteroatoms. The Labute approximate surface area is 101 Å². The van der Waals surface area contributed by atoms with Gasteiger partial charge in [0.25, 0.3) is 0 Å². The predicted octanol–water partition coefficient (Wildman–Crippen LogP) is 0.0775. The Kier molecular flexibility index (Phi) is 3.01. The molecule has 1 aromatic heterocycles. The minimum atomic E-state index is -3.42. The summed E-state index contributed by atoms with van der Waals surface area (Å²) in [6.45, 7) is 5.24. The van der Waals surface area contributed by atoms with Crippen LogP contribution in [-0.2, 0) is 10.0 Å². The third-order valence-electron chi connectivity index (χ3n) is 3.42. The topological polar surface area (TPSA) is 92.1 Å². The van der Waals surface area contributed by atoms with Gasteiger partial charge in [-0.2, -0.15) is 9.40 Å². The summed E-state index contributed by atoms with van der Waals surface area (Å²) in [6, 6.07) is 0. The van der Waals surface area contributed by atoms with Gasteiger partial charge in [0, 0.05) is 13.1 Å². The molecule has 0 spiro atoms. The highest BCUT2D eigenvalue weighted by Crippen LogP contribution is 2.32. The van der Waals surface area contributed by atoms with Crippen molar-refractivity contribution in [3.8, 4) is 0 Å². The maximum atomic E-state index is 12.3. The number of nitrogens with one attached hydrogen (secondary N) is 1. The predicted molar refractivity (Wildman–Crippen MR) is 63.9 cm³/mol. The summed E-state index contributed by atoms with van der Waals surface area (Å²) in [7, 11) is -3.42. The van der Waals surface area contributed by atoms with E-state index in [4.69, 9.17) is 5.73 Å². The van der Waals surface area contributed by atoms with Crippen molar-refractivity contribution in [2.75, 3.05) is 19.6 Å². The van der Waals surface area contributed by atoms with Gasteiger partial charge < -0.3 is 5.73 Å². The van der Waals surface area contributed by atoms with Crippen LogP contribution in [0.25, 0.3) is 0 Å². The lowest BCUT2D eigenvalue weighted by molar-refractivity contribution is 0.349. The van der Waals surface area contributed by atoms with Crippen LogP contribution in [0.15, 0.2) is 11.1 Å². The Hall–Kier alpha value is -0.920. The van der Waals surface area contributed by atoms with E-state index < -0.39 is 10.0 Å². The Morgan fingerprint density at radius 3 is 2.82 bits per heavy atom. The third-order valence-corrected chi connectivity index (χ3v) is 5.38. The average molecular weight is 258 g/mol. The van der Waals surface area contributed by atoms with Crippen LogP contribution >= 0.6 is 0 Å². The van der Waals surface area contributed by atoms with E-state index >= 15 is 0 Å². The molecular weight excluding hydrogens is 240 g/mol. The van der Waals surface area contributed by atoms with Crippen molar-refractivity contribution in [2.24, 2.45) is 11.1 Å². The minimum absolute atomic E-state index is 0.106.